The van der Waals surface area contributed by atoms with E-state index in [-0.39, 0.29) is 5.76 Å². The molecule has 0 aromatic rings. The van der Waals surface area contributed by atoms with Crippen molar-refractivity contribution in [1.82, 2.24) is 0 Å². The Hall–Kier alpha value is -1.31. The van der Waals surface area contributed by atoms with Crippen LogP contribution in [-0.4, -0.2) is 11.8 Å². The average Bonchev–Trinajstić information content (AvgIpc) is 2.27. The number of hydrogen-bond donors (Lipinski definition) is 1. The summed E-state index contributed by atoms with van der Waals surface area (Å²) in [6.45, 7) is 5.47. The van der Waals surface area contributed by atoms with Gasteiger partial charge in [0.1, 0.15) is 11.5 Å². The van der Waals surface area contributed by atoms with E-state index in [4.69, 9.17) is 0 Å². The average molecular weight is 163 g/mol. The van der Waals surface area contributed by atoms with Gasteiger partial charge in [0.05, 0.1) is 0 Å². The molecule has 64 valence electrons. The maximum atomic E-state index is 9.39. The topological polar surface area (TPSA) is 32.6 Å². The number of aliphatic imine (C=N–C) groups is 1. The third kappa shape index (κ3) is 1.84. The van der Waals surface area contributed by atoms with Gasteiger partial charge in [0.15, 0.2) is 0 Å². The predicted molar refractivity (Wildman–Crippen MR) is 51.3 cm³/mol. The van der Waals surface area contributed by atoms with Crippen LogP contribution in [0.5, 0.6) is 0 Å². The third-order valence-corrected chi connectivity index (χ3v) is 1.92. The van der Waals surface area contributed by atoms with E-state index in [2.05, 4.69) is 18.6 Å². The first-order valence-corrected chi connectivity index (χ1v) is 4.04. The Bertz CT molecular complexity index is 272. The SMILES string of the molecule is C=NC1=CC=C(CC)CC=C1O. The zero-order valence-corrected chi connectivity index (χ0v) is 7.25. The Morgan fingerprint density at radius 3 is 2.92 bits per heavy atom. The fourth-order valence-electron chi connectivity index (χ4n) is 1.08. The number of hydrogen-bond acceptors (Lipinski definition) is 2. The van der Waals surface area contributed by atoms with E-state index in [0.717, 1.165) is 12.8 Å². The molecule has 0 unspecified atom stereocenters. The quantitative estimate of drug-likeness (QED) is 0.624. The number of aliphatic hydroxyl groups excluding tert-OH is 1. The summed E-state index contributed by atoms with van der Waals surface area (Å²) in [5.74, 6) is 0.227. The Morgan fingerprint density at radius 2 is 2.33 bits per heavy atom. The van der Waals surface area contributed by atoms with Gasteiger partial charge in [-0.2, -0.15) is 0 Å². The first-order chi connectivity index (χ1) is 5.77. The summed E-state index contributed by atoms with van der Waals surface area (Å²) >= 11 is 0. The van der Waals surface area contributed by atoms with E-state index in [0.29, 0.717) is 5.70 Å². The first-order valence-electron chi connectivity index (χ1n) is 4.04. The van der Waals surface area contributed by atoms with E-state index < -0.39 is 0 Å². The molecule has 0 atom stereocenters. The molecule has 0 aromatic heterocycles. The summed E-state index contributed by atoms with van der Waals surface area (Å²) in [4.78, 5) is 3.71. The molecule has 1 aliphatic carbocycles. The molecule has 12 heavy (non-hydrogen) atoms. The van der Waals surface area contributed by atoms with E-state index in [1.54, 1.807) is 12.2 Å². The molecular formula is C10H13NO. The maximum absolute atomic E-state index is 9.39. The second kappa shape index (κ2) is 3.90. The summed E-state index contributed by atoms with van der Waals surface area (Å²) in [5, 5.41) is 9.39. The van der Waals surface area contributed by atoms with Crippen molar-refractivity contribution < 1.29 is 5.11 Å². The molecule has 2 nitrogen and oxygen atoms in total. The van der Waals surface area contributed by atoms with Gasteiger partial charge in [0.25, 0.3) is 0 Å². The lowest BCUT2D eigenvalue weighted by Gasteiger charge is -1.96. The van der Waals surface area contributed by atoms with Gasteiger partial charge in [-0.1, -0.05) is 18.6 Å². The molecule has 1 rings (SSSR count). The number of aliphatic hydroxyl groups is 1. The van der Waals surface area contributed by atoms with Crippen molar-refractivity contribution in [3.8, 4) is 0 Å². The summed E-state index contributed by atoms with van der Waals surface area (Å²) in [6, 6.07) is 0. The lowest BCUT2D eigenvalue weighted by molar-refractivity contribution is 0.420. The normalized spacial score (nSPS) is 17.2. The van der Waals surface area contributed by atoms with Crippen LogP contribution in [0, 0.1) is 0 Å². The fourth-order valence-corrected chi connectivity index (χ4v) is 1.08. The molecule has 2 heteroatoms. The highest BCUT2D eigenvalue weighted by atomic mass is 16.3. The molecule has 0 saturated carbocycles. The van der Waals surface area contributed by atoms with E-state index in [1.165, 1.54) is 5.57 Å². The van der Waals surface area contributed by atoms with Crippen LogP contribution in [0.1, 0.15) is 19.8 Å². The van der Waals surface area contributed by atoms with Crippen LogP contribution in [0.25, 0.3) is 0 Å². The molecule has 1 aliphatic rings. The van der Waals surface area contributed by atoms with Crippen molar-refractivity contribution >= 4 is 6.72 Å². The van der Waals surface area contributed by atoms with Crippen molar-refractivity contribution in [2.45, 2.75) is 19.8 Å². The highest BCUT2D eigenvalue weighted by molar-refractivity contribution is 5.40. The molecule has 0 aliphatic heterocycles. The second-order valence-electron chi connectivity index (χ2n) is 2.68. The van der Waals surface area contributed by atoms with Crippen molar-refractivity contribution in [3.05, 3.63) is 35.3 Å². The van der Waals surface area contributed by atoms with Gasteiger partial charge in [-0.25, -0.2) is 0 Å². The van der Waals surface area contributed by atoms with Gasteiger partial charge in [-0.05, 0) is 31.7 Å². The minimum absolute atomic E-state index is 0.227. The molecule has 0 bridgehead atoms. The largest absolute Gasteiger partial charge is 0.506 e. The standard InChI is InChI=1S/C10H13NO/c1-3-8-4-6-9(11-2)10(12)7-5-8/h4,6-7,12H,2-3,5H2,1H3. The molecule has 0 heterocycles. The van der Waals surface area contributed by atoms with Gasteiger partial charge in [-0.3, -0.25) is 4.99 Å². The third-order valence-electron chi connectivity index (χ3n) is 1.92. The van der Waals surface area contributed by atoms with Crippen LogP contribution in [0.4, 0.5) is 0 Å². The summed E-state index contributed by atoms with van der Waals surface area (Å²) in [6.07, 6.45) is 7.36. The zero-order chi connectivity index (χ0) is 8.97. The van der Waals surface area contributed by atoms with Crippen LogP contribution in [0.2, 0.25) is 0 Å². The lowest BCUT2D eigenvalue weighted by Crippen LogP contribution is -1.82. The number of rotatable bonds is 2. The van der Waals surface area contributed by atoms with Gasteiger partial charge in [-0.15, -0.1) is 0 Å². The predicted octanol–water partition coefficient (Wildman–Crippen LogP) is 2.75. The van der Waals surface area contributed by atoms with E-state index in [1.807, 2.05) is 6.08 Å². The van der Waals surface area contributed by atoms with Crippen LogP contribution in [0.15, 0.2) is 40.2 Å². The van der Waals surface area contributed by atoms with Crippen LogP contribution in [-0.2, 0) is 0 Å². The summed E-state index contributed by atoms with van der Waals surface area (Å²) in [7, 11) is 0. The molecule has 0 saturated heterocycles. The minimum atomic E-state index is 0.227. The second-order valence-corrected chi connectivity index (χ2v) is 2.68. The van der Waals surface area contributed by atoms with Crippen LogP contribution >= 0.6 is 0 Å². The smallest absolute Gasteiger partial charge is 0.137 e. The highest BCUT2D eigenvalue weighted by Gasteiger charge is 2.03. The molecule has 0 spiro atoms. The minimum Gasteiger partial charge on any atom is -0.506 e. The molecule has 0 aromatic carbocycles. The fraction of sp³-hybridized carbons (Fsp3) is 0.300. The highest BCUT2D eigenvalue weighted by Crippen LogP contribution is 2.18. The number of nitrogens with zero attached hydrogens (tertiary/aromatic N) is 1. The molecule has 1 N–H and O–H groups in total. The molecule has 0 amide bonds. The van der Waals surface area contributed by atoms with Crippen LogP contribution in [0.3, 0.4) is 0 Å². The van der Waals surface area contributed by atoms with Crippen molar-refractivity contribution in [3.63, 3.8) is 0 Å². The summed E-state index contributed by atoms with van der Waals surface area (Å²) < 4.78 is 0. The van der Waals surface area contributed by atoms with Crippen LogP contribution < -0.4 is 0 Å². The molecule has 0 radical (unpaired) electrons. The lowest BCUT2D eigenvalue weighted by atomic mass is 10.1. The zero-order valence-electron chi connectivity index (χ0n) is 7.25. The first kappa shape index (κ1) is 8.78. The van der Waals surface area contributed by atoms with Crippen molar-refractivity contribution in [1.29, 1.82) is 0 Å². The monoisotopic (exact) mass is 163 g/mol. The van der Waals surface area contributed by atoms with Crippen molar-refractivity contribution in [2.75, 3.05) is 0 Å². The Labute approximate surface area is 72.6 Å². The Kier molecular flexibility index (Phi) is 2.86. The molecular weight excluding hydrogens is 150 g/mol. The molecule has 0 fully saturated rings. The number of allylic oxidation sites excluding steroid dienone is 4. The van der Waals surface area contributed by atoms with Gasteiger partial charge < -0.3 is 5.11 Å². The van der Waals surface area contributed by atoms with E-state index >= 15 is 0 Å². The maximum Gasteiger partial charge on any atom is 0.137 e. The summed E-state index contributed by atoms with van der Waals surface area (Å²) in [5.41, 5.74) is 1.85. The Balaban J connectivity index is 2.93. The Morgan fingerprint density at radius 1 is 1.58 bits per heavy atom. The van der Waals surface area contributed by atoms with Gasteiger partial charge >= 0.3 is 0 Å². The van der Waals surface area contributed by atoms with Gasteiger partial charge in [0.2, 0.25) is 0 Å². The van der Waals surface area contributed by atoms with Gasteiger partial charge in [0, 0.05) is 0 Å². The van der Waals surface area contributed by atoms with E-state index in [9.17, 15) is 5.11 Å². The van der Waals surface area contributed by atoms with Crippen molar-refractivity contribution in [2.24, 2.45) is 4.99 Å².